The second-order valence-electron chi connectivity index (χ2n) is 9.81. The van der Waals surface area contributed by atoms with Gasteiger partial charge in [-0.2, -0.15) is 0 Å². The van der Waals surface area contributed by atoms with E-state index in [2.05, 4.69) is 5.32 Å². The molecule has 3 amide bonds. The van der Waals surface area contributed by atoms with Crippen molar-refractivity contribution in [2.45, 2.75) is 73.9 Å². The minimum atomic E-state index is -3.67. The standard InChI is InChI=1S/C26H33N3O6S/c1-26(2,3)35-25(32)29-16-8-7-11-22(29)24(31)28-21(23(27)30)17-18-12-14-20(15-13-18)36(33,34)19-9-5-4-6-10-19/h4-6,9-10,12-15,21-22H,7-8,11,16-17H2,1-3H3,(H2,27,30)(H,28,31)/t21-,22-/m0/s1. The second kappa shape index (κ2) is 11.1. The van der Waals surface area contributed by atoms with Gasteiger partial charge in [-0.25, -0.2) is 13.2 Å². The van der Waals surface area contributed by atoms with E-state index in [1.165, 1.54) is 29.2 Å². The third-order valence-electron chi connectivity index (χ3n) is 5.82. The molecule has 1 fully saturated rings. The number of likely N-dealkylation sites (tertiary alicyclic amines) is 1. The smallest absolute Gasteiger partial charge is 0.410 e. The first-order valence-electron chi connectivity index (χ1n) is 11.9. The fraction of sp³-hybridized carbons (Fsp3) is 0.423. The molecule has 10 heteroatoms. The van der Waals surface area contributed by atoms with Crippen LogP contribution in [0.3, 0.4) is 0 Å². The van der Waals surface area contributed by atoms with Crippen molar-refractivity contribution in [3.8, 4) is 0 Å². The first-order valence-corrected chi connectivity index (χ1v) is 13.4. The lowest BCUT2D eigenvalue weighted by atomic mass is 10.0. The predicted octanol–water partition coefficient (Wildman–Crippen LogP) is 2.82. The number of ether oxygens (including phenoxy) is 1. The van der Waals surface area contributed by atoms with Crippen LogP contribution in [0.2, 0.25) is 0 Å². The topological polar surface area (TPSA) is 136 Å². The van der Waals surface area contributed by atoms with Crippen molar-refractivity contribution in [2.24, 2.45) is 5.73 Å². The van der Waals surface area contributed by atoms with Gasteiger partial charge in [0.15, 0.2) is 0 Å². The van der Waals surface area contributed by atoms with Gasteiger partial charge < -0.3 is 15.8 Å². The molecule has 0 radical (unpaired) electrons. The van der Waals surface area contributed by atoms with E-state index in [1.807, 2.05) is 0 Å². The zero-order valence-corrected chi connectivity index (χ0v) is 21.6. The number of sulfone groups is 1. The van der Waals surface area contributed by atoms with E-state index < -0.39 is 45.4 Å². The van der Waals surface area contributed by atoms with Gasteiger partial charge in [0.25, 0.3) is 0 Å². The molecule has 1 heterocycles. The van der Waals surface area contributed by atoms with E-state index in [4.69, 9.17) is 10.5 Å². The highest BCUT2D eigenvalue weighted by molar-refractivity contribution is 7.91. The van der Waals surface area contributed by atoms with Gasteiger partial charge in [0, 0.05) is 13.0 Å². The third-order valence-corrected chi connectivity index (χ3v) is 7.61. The molecule has 3 N–H and O–H groups in total. The molecule has 1 aliphatic heterocycles. The SMILES string of the molecule is CC(C)(C)OC(=O)N1CCCC[C@H]1C(=O)N[C@@H](Cc1ccc(S(=O)(=O)c2ccccc2)cc1)C(N)=O. The molecular formula is C26H33N3O6S. The number of carbonyl (C=O) groups excluding carboxylic acids is 3. The molecule has 1 saturated heterocycles. The molecule has 2 atom stereocenters. The Hall–Kier alpha value is -3.40. The summed E-state index contributed by atoms with van der Waals surface area (Å²) in [7, 11) is -3.67. The number of nitrogens with two attached hydrogens (primary N) is 1. The number of nitrogens with one attached hydrogen (secondary N) is 1. The summed E-state index contributed by atoms with van der Waals surface area (Å²) in [6.45, 7) is 5.64. The summed E-state index contributed by atoms with van der Waals surface area (Å²) >= 11 is 0. The molecule has 0 bridgehead atoms. The summed E-state index contributed by atoms with van der Waals surface area (Å²) in [5, 5.41) is 2.67. The lowest BCUT2D eigenvalue weighted by molar-refractivity contribution is -0.131. The Balaban J connectivity index is 1.71. The summed E-state index contributed by atoms with van der Waals surface area (Å²) in [5.74, 6) is -1.21. The van der Waals surface area contributed by atoms with E-state index in [0.29, 0.717) is 18.5 Å². The zero-order chi connectivity index (χ0) is 26.5. The Kier molecular flexibility index (Phi) is 8.39. The van der Waals surface area contributed by atoms with Gasteiger partial charge in [-0.1, -0.05) is 30.3 Å². The summed E-state index contributed by atoms with van der Waals surface area (Å²) in [4.78, 5) is 39.6. The molecule has 2 aromatic rings. The summed E-state index contributed by atoms with van der Waals surface area (Å²) in [6.07, 6.45) is 1.46. The van der Waals surface area contributed by atoms with Crippen LogP contribution in [0.5, 0.6) is 0 Å². The number of nitrogens with zero attached hydrogens (tertiary/aromatic N) is 1. The molecule has 0 unspecified atom stereocenters. The number of hydrogen-bond acceptors (Lipinski definition) is 6. The normalized spacial score (nSPS) is 17.2. The molecular weight excluding hydrogens is 482 g/mol. The highest BCUT2D eigenvalue weighted by atomic mass is 32.2. The highest BCUT2D eigenvalue weighted by Crippen LogP contribution is 2.23. The molecule has 2 aromatic carbocycles. The quantitative estimate of drug-likeness (QED) is 0.582. The van der Waals surface area contributed by atoms with Crippen LogP contribution in [-0.4, -0.2) is 55.5 Å². The number of carbonyl (C=O) groups is 3. The van der Waals surface area contributed by atoms with Gasteiger partial charge >= 0.3 is 6.09 Å². The molecule has 0 aliphatic carbocycles. The number of piperidine rings is 1. The Morgan fingerprint density at radius 1 is 1.03 bits per heavy atom. The van der Waals surface area contributed by atoms with Crippen molar-refractivity contribution in [3.63, 3.8) is 0 Å². The summed E-state index contributed by atoms with van der Waals surface area (Å²) in [6, 6.07) is 12.4. The van der Waals surface area contributed by atoms with Crippen LogP contribution in [0, 0.1) is 0 Å². The Bertz CT molecular complexity index is 1190. The minimum Gasteiger partial charge on any atom is -0.444 e. The summed E-state index contributed by atoms with van der Waals surface area (Å²) < 4.78 is 31.0. The fourth-order valence-corrected chi connectivity index (χ4v) is 5.29. The first kappa shape index (κ1) is 27.2. The molecule has 9 nitrogen and oxygen atoms in total. The fourth-order valence-electron chi connectivity index (χ4n) is 4.01. The lowest BCUT2D eigenvalue weighted by Crippen LogP contribution is -2.56. The van der Waals surface area contributed by atoms with Crippen LogP contribution < -0.4 is 11.1 Å². The van der Waals surface area contributed by atoms with E-state index >= 15 is 0 Å². The maximum Gasteiger partial charge on any atom is 0.410 e. The van der Waals surface area contributed by atoms with Crippen LogP contribution >= 0.6 is 0 Å². The molecule has 0 saturated carbocycles. The number of primary amides is 1. The van der Waals surface area contributed by atoms with Crippen molar-refractivity contribution in [2.75, 3.05) is 6.54 Å². The third kappa shape index (κ3) is 6.84. The highest BCUT2D eigenvalue weighted by Gasteiger charge is 2.36. The van der Waals surface area contributed by atoms with Crippen molar-refractivity contribution >= 4 is 27.7 Å². The molecule has 36 heavy (non-hydrogen) atoms. The largest absolute Gasteiger partial charge is 0.444 e. The summed E-state index contributed by atoms with van der Waals surface area (Å²) in [5.41, 5.74) is 5.48. The van der Waals surface area contributed by atoms with Crippen LogP contribution in [0.15, 0.2) is 64.4 Å². The number of amides is 3. The van der Waals surface area contributed by atoms with Gasteiger partial charge in [-0.05, 0) is 69.9 Å². The van der Waals surface area contributed by atoms with Gasteiger partial charge in [0.2, 0.25) is 21.7 Å². The maximum absolute atomic E-state index is 13.1. The second-order valence-corrected chi connectivity index (χ2v) is 11.8. The Labute approximate surface area is 211 Å². The minimum absolute atomic E-state index is 0.0753. The average Bonchev–Trinajstić information content (AvgIpc) is 2.83. The molecule has 194 valence electrons. The van der Waals surface area contributed by atoms with E-state index in [9.17, 15) is 22.8 Å². The van der Waals surface area contributed by atoms with E-state index in [0.717, 1.165) is 12.8 Å². The van der Waals surface area contributed by atoms with E-state index in [-0.39, 0.29) is 16.2 Å². The van der Waals surface area contributed by atoms with Gasteiger partial charge in [-0.15, -0.1) is 0 Å². The maximum atomic E-state index is 13.1. The predicted molar refractivity (Wildman–Crippen MR) is 134 cm³/mol. The molecule has 1 aliphatic rings. The van der Waals surface area contributed by atoms with Crippen molar-refractivity contribution in [1.29, 1.82) is 0 Å². The number of rotatable bonds is 7. The molecule has 3 rings (SSSR count). The average molecular weight is 516 g/mol. The Morgan fingerprint density at radius 3 is 2.22 bits per heavy atom. The molecule has 0 aromatic heterocycles. The van der Waals surface area contributed by atoms with Gasteiger partial charge in [-0.3, -0.25) is 14.5 Å². The van der Waals surface area contributed by atoms with Crippen molar-refractivity contribution in [1.82, 2.24) is 10.2 Å². The first-order chi connectivity index (χ1) is 16.9. The van der Waals surface area contributed by atoms with Crippen LogP contribution in [0.4, 0.5) is 4.79 Å². The van der Waals surface area contributed by atoms with Gasteiger partial charge in [0.1, 0.15) is 17.7 Å². The van der Waals surface area contributed by atoms with Crippen LogP contribution in [-0.2, 0) is 30.6 Å². The zero-order valence-electron chi connectivity index (χ0n) is 20.8. The number of benzene rings is 2. The van der Waals surface area contributed by atoms with Crippen molar-refractivity contribution in [3.05, 3.63) is 60.2 Å². The van der Waals surface area contributed by atoms with Crippen molar-refractivity contribution < 1.29 is 27.5 Å². The lowest BCUT2D eigenvalue weighted by Gasteiger charge is -2.36. The van der Waals surface area contributed by atoms with E-state index in [1.54, 1.807) is 51.1 Å². The Morgan fingerprint density at radius 2 is 1.64 bits per heavy atom. The molecule has 0 spiro atoms. The van der Waals surface area contributed by atoms with Crippen LogP contribution in [0.1, 0.15) is 45.6 Å². The van der Waals surface area contributed by atoms with Crippen LogP contribution in [0.25, 0.3) is 0 Å². The monoisotopic (exact) mass is 515 g/mol. The van der Waals surface area contributed by atoms with Gasteiger partial charge in [0.05, 0.1) is 9.79 Å². The number of hydrogen-bond donors (Lipinski definition) is 2.